The number of carbonyl (C=O) groups excluding carboxylic acids is 1. The number of hydrogen-bond acceptors (Lipinski definition) is 2. The lowest BCUT2D eigenvalue weighted by Crippen LogP contribution is -2.17. The molecule has 1 amide bonds. The van der Waals surface area contributed by atoms with Crippen molar-refractivity contribution in [3.63, 3.8) is 0 Å². The van der Waals surface area contributed by atoms with Crippen molar-refractivity contribution in [3.05, 3.63) is 56.7 Å². The normalized spacial score (nSPS) is 10.8. The van der Waals surface area contributed by atoms with Gasteiger partial charge < -0.3 is 4.98 Å². The maximum Gasteiger partial charge on any atom is 0.287 e. The Labute approximate surface area is 121 Å². The van der Waals surface area contributed by atoms with Gasteiger partial charge in [-0.15, -0.1) is 0 Å². The molecule has 0 fully saturated rings. The first-order valence-corrected chi connectivity index (χ1v) is 6.66. The third-order valence-corrected chi connectivity index (χ3v) is 3.13. The van der Waals surface area contributed by atoms with E-state index in [-0.39, 0.29) is 5.91 Å². The summed E-state index contributed by atoms with van der Waals surface area (Å²) in [7, 11) is 0. The van der Waals surface area contributed by atoms with E-state index in [2.05, 4.69) is 47.4 Å². The van der Waals surface area contributed by atoms with Crippen LogP contribution >= 0.6 is 31.9 Å². The molecule has 0 radical (unpaired) electrons. The summed E-state index contributed by atoms with van der Waals surface area (Å²) >= 11 is 6.60. The number of nitrogens with zero attached hydrogens (tertiary/aromatic N) is 1. The quantitative estimate of drug-likeness (QED) is 0.632. The van der Waals surface area contributed by atoms with Gasteiger partial charge in [-0.3, -0.25) is 4.79 Å². The molecule has 0 aliphatic carbocycles. The van der Waals surface area contributed by atoms with Gasteiger partial charge in [-0.05, 0) is 39.7 Å². The van der Waals surface area contributed by atoms with Gasteiger partial charge in [0.2, 0.25) is 0 Å². The number of hydrazone groups is 1. The molecule has 0 aliphatic heterocycles. The van der Waals surface area contributed by atoms with Crippen LogP contribution in [0.3, 0.4) is 0 Å². The van der Waals surface area contributed by atoms with Crippen LogP contribution in [0.4, 0.5) is 0 Å². The van der Waals surface area contributed by atoms with Gasteiger partial charge in [-0.1, -0.05) is 28.1 Å². The zero-order chi connectivity index (χ0) is 13.0. The summed E-state index contributed by atoms with van der Waals surface area (Å²) in [6.45, 7) is 0. The molecule has 1 heterocycles. The number of amides is 1. The lowest BCUT2D eigenvalue weighted by Gasteiger charge is -1.96. The summed E-state index contributed by atoms with van der Waals surface area (Å²) in [4.78, 5) is 14.4. The van der Waals surface area contributed by atoms with E-state index in [0.29, 0.717) is 5.69 Å². The fraction of sp³-hybridized carbons (Fsp3) is 0. The van der Waals surface area contributed by atoms with Crippen LogP contribution in [-0.4, -0.2) is 17.1 Å². The zero-order valence-electron chi connectivity index (χ0n) is 9.15. The topological polar surface area (TPSA) is 57.2 Å². The predicted molar refractivity (Wildman–Crippen MR) is 77.7 cm³/mol. The Morgan fingerprint density at radius 3 is 2.56 bits per heavy atom. The van der Waals surface area contributed by atoms with Gasteiger partial charge in [0.15, 0.2) is 0 Å². The Balaban J connectivity index is 1.95. The van der Waals surface area contributed by atoms with Crippen LogP contribution in [-0.2, 0) is 0 Å². The van der Waals surface area contributed by atoms with E-state index >= 15 is 0 Å². The fourth-order valence-corrected chi connectivity index (χ4v) is 1.88. The first-order chi connectivity index (χ1) is 8.65. The molecule has 0 bridgehead atoms. The van der Waals surface area contributed by atoms with Crippen LogP contribution < -0.4 is 5.43 Å². The van der Waals surface area contributed by atoms with Crippen molar-refractivity contribution in [2.24, 2.45) is 5.10 Å². The number of hydrogen-bond donors (Lipinski definition) is 2. The summed E-state index contributed by atoms with van der Waals surface area (Å²) in [6, 6.07) is 9.29. The summed E-state index contributed by atoms with van der Waals surface area (Å²) in [5.74, 6) is -0.283. The van der Waals surface area contributed by atoms with Crippen molar-refractivity contribution < 1.29 is 4.79 Å². The molecule has 0 atom stereocenters. The largest absolute Gasteiger partial charge is 0.356 e. The second-order valence-electron chi connectivity index (χ2n) is 3.48. The fourth-order valence-electron chi connectivity index (χ4n) is 1.27. The molecule has 1 aromatic carbocycles. The SMILES string of the molecule is O=C(N/N=C\c1ccc(Br)cc1)c1cc(Br)c[nH]1. The molecule has 0 spiro atoms. The van der Waals surface area contributed by atoms with Gasteiger partial charge in [0.05, 0.1) is 6.21 Å². The van der Waals surface area contributed by atoms with Crippen molar-refractivity contribution in [2.75, 3.05) is 0 Å². The summed E-state index contributed by atoms with van der Waals surface area (Å²) in [5.41, 5.74) is 3.80. The lowest BCUT2D eigenvalue weighted by molar-refractivity contribution is 0.0951. The van der Waals surface area contributed by atoms with Crippen LogP contribution in [0, 0.1) is 0 Å². The Morgan fingerprint density at radius 2 is 1.94 bits per heavy atom. The van der Waals surface area contributed by atoms with E-state index in [9.17, 15) is 4.79 Å². The molecule has 6 heteroatoms. The minimum atomic E-state index is -0.283. The molecule has 2 N–H and O–H groups in total. The van der Waals surface area contributed by atoms with Gasteiger partial charge >= 0.3 is 0 Å². The second-order valence-corrected chi connectivity index (χ2v) is 5.31. The minimum Gasteiger partial charge on any atom is -0.356 e. The Kier molecular flexibility index (Phi) is 4.33. The molecule has 0 unspecified atom stereocenters. The average Bonchev–Trinajstić information content (AvgIpc) is 2.78. The van der Waals surface area contributed by atoms with Crippen LogP contribution in [0.25, 0.3) is 0 Å². The molecule has 0 saturated carbocycles. The molecule has 2 aromatic rings. The van der Waals surface area contributed by atoms with Crippen LogP contribution in [0.5, 0.6) is 0 Å². The van der Waals surface area contributed by atoms with E-state index in [4.69, 9.17) is 0 Å². The minimum absolute atomic E-state index is 0.283. The van der Waals surface area contributed by atoms with Crippen molar-refractivity contribution >= 4 is 44.0 Å². The molecule has 18 heavy (non-hydrogen) atoms. The van der Waals surface area contributed by atoms with Gasteiger partial charge in [0.25, 0.3) is 5.91 Å². The highest BCUT2D eigenvalue weighted by molar-refractivity contribution is 9.10. The summed E-state index contributed by atoms with van der Waals surface area (Å²) in [5, 5.41) is 3.88. The smallest absolute Gasteiger partial charge is 0.287 e. The molecular weight excluding hydrogens is 362 g/mol. The number of rotatable bonds is 3. The van der Waals surface area contributed by atoms with E-state index in [1.807, 2.05) is 24.3 Å². The van der Waals surface area contributed by atoms with Gasteiger partial charge in [-0.25, -0.2) is 5.43 Å². The molecule has 0 aliphatic rings. The number of benzene rings is 1. The van der Waals surface area contributed by atoms with E-state index in [1.54, 1.807) is 18.5 Å². The standard InChI is InChI=1S/C12H9Br2N3O/c13-9-3-1-8(2-4-9)6-16-17-12(18)11-5-10(14)7-15-11/h1-7,15H,(H,17,18)/b16-6-. The van der Waals surface area contributed by atoms with Crippen molar-refractivity contribution in [2.45, 2.75) is 0 Å². The zero-order valence-corrected chi connectivity index (χ0v) is 12.3. The molecule has 1 aromatic heterocycles. The van der Waals surface area contributed by atoms with Crippen LogP contribution in [0.1, 0.15) is 16.1 Å². The lowest BCUT2D eigenvalue weighted by atomic mass is 10.2. The van der Waals surface area contributed by atoms with Crippen LogP contribution in [0.2, 0.25) is 0 Å². The van der Waals surface area contributed by atoms with Crippen molar-refractivity contribution in [1.82, 2.24) is 10.4 Å². The Morgan fingerprint density at radius 1 is 1.22 bits per heavy atom. The number of H-pyrrole nitrogens is 1. The highest BCUT2D eigenvalue weighted by atomic mass is 79.9. The maximum atomic E-state index is 11.6. The van der Waals surface area contributed by atoms with Gasteiger partial charge in [0, 0.05) is 15.1 Å². The number of nitrogens with one attached hydrogen (secondary N) is 2. The monoisotopic (exact) mass is 369 g/mol. The third kappa shape index (κ3) is 3.54. The first kappa shape index (κ1) is 13.0. The number of aromatic nitrogens is 1. The highest BCUT2D eigenvalue weighted by Gasteiger charge is 2.05. The molecule has 4 nitrogen and oxygen atoms in total. The second kappa shape index (κ2) is 5.97. The summed E-state index contributed by atoms with van der Waals surface area (Å²) < 4.78 is 1.82. The van der Waals surface area contributed by atoms with E-state index in [0.717, 1.165) is 14.5 Å². The van der Waals surface area contributed by atoms with Gasteiger partial charge in [-0.2, -0.15) is 5.10 Å². The van der Waals surface area contributed by atoms with Crippen molar-refractivity contribution in [1.29, 1.82) is 0 Å². The number of halogens is 2. The molecule has 92 valence electrons. The third-order valence-electron chi connectivity index (χ3n) is 2.14. The van der Waals surface area contributed by atoms with Gasteiger partial charge in [0.1, 0.15) is 5.69 Å². The molecular formula is C12H9Br2N3O. The Bertz CT molecular complexity index is 575. The van der Waals surface area contributed by atoms with E-state index in [1.165, 1.54) is 0 Å². The number of carbonyl (C=O) groups is 1. The average molecular weight is 371 g/mol. The number of aromatic amines is 1. The summed E-state index contributed by atoms with van der Waals surface area (Å²) in [6.07, 6.45) is 3.27. The van der Waals surface area contributed by atoms with Crippen molar-refractivity contribution in [3.8, 4) is 0 Å². The first-order valence-electron chi connectivity index (χ1n) is 5.08. The predicted octanol–water partition coefficient (Wildman–Crippen LogP) is 3.30. The Hall–Kier alpha value is -1.40. The maximum absolute atomic E-state index is 11.6. The van der Waals surface area contributed by atoms with Crippen LogP contribution in [0.15, 0.2) is 50.6 Å². The highest BCUT2D eigenvalue weighted by Crippen LogP contribution is 2.10. The van der Waals surface area contributed by atoms with E-state index < -0.39 is 0 Å². The molecule has 2 rings (SSSR count). The molecule has 0 saturated heterocycles.